The summed E-state index contributed by atoms with van der Waals surface area (Å²) >= 11 is 7.43. The molecule has 1 aromatic heterocycles. The molecule has 7 nitrogen and oxygen atoms in total. The molecule has 0 unspecified atom stereocenters. The minimum Gasteiger partial charge on any atom is -0.466 e. The average molecular weight is 369 g/mol. The number of benzene rings is 1. The number of carbonyl (C=O) groups is 2. The van der Waals surface area contributed by atoms with Crippen molar-refractivity contribution in [3.63, 3.8) is 0 Å². The standard InChI is InChI=1S/C15H17ClN4O3S/c1-2-23-15(22)7-12(10-5-3-4-6-11(10)16)18-13(21)9-24-14-8-17-20-19-14/h3-6,8,12H,2,7,9H2,1H3,(H,18,21)(H,17,19,20)/t12-/m0/s1. The molecule has 2 rings (SSSR count). The molecular weight excluding hydrogens is 352 g/mol. The first-order valence-electron chi connectivity index (χ1n) is 7.28. The molecule has 9 heteroatoms. The second-order valence-electron chi connectivity index (χ2n) is 4.75. The summed E-state index contributed by atoms with van der Waals surface area (Å²) in [5, 5.41) is 13.9. The third kappa shape index (κ3) is 5.54. The van der Waals surface area contributed by atoms with Crippen LogP contribution in [0.25, 0.3) is 0 Å². The summed E-state index contributed by atoms with van der Waals surface area (Å²) in [6, 6.07) is 6.52. The van der Waals surface area contributed by atoms with E-state index in [9.17, 15) is 9.59 Å². The Balaban J connectivity index is 2.03. The number of amides is 1. The Labute approximate surface area is 148 Å². The van der Waals surface area contributed by atoms with Crippen LogP contribution in [-0.4, -0.2) is 39.6 Å². The zero-order chi connectivity index (χ0) is 17.4. The molecule has 1 atom stereocenters. The van der Waals surface area contributed by atoms with E-state index in [2.05, 4.69) is 20.7 Å². The topological polar surface area (TPSA) is 97.0 Å². The molecule has 1 amide bonds. The first kappa shape index (κ1) is 18.3. The second kappa shape index (κ2) is 9.29. The van der Waals surface area contributed by atoms with Crippen LogP contribution >= 0.6 is 23.4 Å². The molecule has 1 heterocycles. The normalized spacial score (nSPS) is 11.8. The van der Waals surface area contributed by atoms with Crippen LogP contribution in [0.5, 0.6) is 0 Å². The van der Waals surface area contributed by atoms with Gasteiger partial charge >= 0.3 is 5.97 Å². The molecule has 0 saturated heterocycles. The van der Waals surface area contributed by atoms with Gasteiger partial charge in [-0.05, 0) is 18.6 Å². The van der Waals surface area contributed by atoms with Crippen molar-refractivity contribution in [2.75, 3.05) is 12.4 Å². The number of hydrogen-bond donors (Lipinski definition) is 2. The lowest BCUT2D eigenvalue weighted by molar-refractivity contribution is -0.143. The summed E-state index contributed by atoms with van der Waals surface area (Å²) in [5.74, 6) is -0.486. The Bertz CT molecular complexity index is 681. The minimum atomic E-state index is -0.553. The van der Waals surface area contributed by atoms with Crippen molar-refractivity contribution >= 4 is 35.2 Å². The molecule has 0 saturated carbocycles. The van der Waals surface area contributed by atoms with Gasteiger partial charge in [0.25, 0.3) is 0 Å². The number of thioether (sulfide) groups is 1. The number of nitrogens with zero attached hydrogens (tertiary/aromatic N) is 2. The van der Waals surface area contributed by atoms with Crippen LogP contribution in [0, 0.1) is 0 Å². The number of aromatic amines is 1. The molecule has 0 radical (unpaired) electrons. The van der Waals surface area contributed by atoms with Gasteiger partial charge in [0.05, 0.1) is 31.0 Å². The predicted molar refractivity (Wildman–Crippen MR) is 90.7 cm³/mol. The largest absolute Gasteiger partial charge is 0.466 e. The molecule has 0 aliphatic carbocycles. The quantitative estimate of drug-likeness (QED) is 0.548. The van der Waals surface area contributed by atoms with Crippen LogP contribution < -0.4 is 5.32 Å². The molecule has 128 valence electrons. The molecule has 0 spiro atoms. The Morgan fingerprint density at radius 3 is 2.88 bits per heavy atom. The van der Waals surface area contributed by atoms with Crippen molar-refractivity contribution in [2.24, 2.45) is 0 Å². The van der Waals surface area contributed by atoms with E-state index in [1.807, 2.05) is 0 Å². The number of ether oxygens (including phenoxy) is 1. The lowest BCUT2D eigenvalue weighted by atomic mass is 10.0. The van der Waals surface area contributed by atoms with Crippen LogP contribution in [-0.2, 0) is 14.3 Å². The summed E-state index contributed by atoms with van der Waals surface area (Å²) in [4.78, 5) is 24.0. The number of hydrogen-bond acceptors (Lipinski definition) is 6. The van der Waals surface area contributed by atoms with Crippen LogP contribution in [0.2, 0.25) is 5.02 Å². The summed E-state index contributed by atoms with van der Waals surface area (Å²) in [7, 11) is 0. The van der Waals surface area contributed by atoms with Crippen LogP contribution in [0.1, 0.15) is 24.9 Å². The highest BCUT2D eigenvalue weighted by Gasteiger charge is 2.21. The molecule has 2 N–H and O–H groups in total. The highest BCUT2D eigenvalue weighted by atomic mass is 35.5. The molecule has 0 aliphatic heterocycles. The molecule has 2 aromatic rings. The van der Waals surface area contributed by atoms with Crippen LogP contribution in [0.4, 0.5) is 0 Å². The molecule has 0 bridgehead atoms. The van der Waals surface area contributed by atoms with Crippen molar-refractivity contribution in [3.8, 4) is 0 Å². The van der Waals surface area contributed by atoms with Crippen molar-refractivity contribution in [2.45, 2.75) is 24.4 Å². The lowest BCUT2D eigenvalue weighted by Gasteiger charge is -2.19. The Morgan fingerprint density at radius 2 is 2.21 bits per heavy atom. The zero-order valence-corrected chi connectivity index (χ0v) is 14.6. The summed E-state index contributed by atoms with van der Waals surface area (Å²) in [6.45, 7) is 2.01. The maximum Gasteiger partial charge on any atom is 0.308 e. The fraction of sp³-hybridized carbons (Fsp3) is 0.333. The van der Waals surface area contributed by atoms with E-state index in [1.54, 1.807) is 31.2 Å². The fourth-order valence-corrected chi connectivity index (χ4v) is 2.88. The van der Waals surface area contributed by atoms with E-state index in [0.29, 0.717) is 15.6 Å². The summed E-state index contributed by atoms with van der Waals surface area (Å²) < 4.78 is 4.97. The van der Waals surface area contributed by atoms with Gasteiger partial charge in [0.2, 0.25) is 5.91 Å². The van der Waals surface area contributed by atoms with Gasteiger partial charge in [-0.15, -0.1) is 5.10 Å². The Morgan fingerprint density at radius 1 is 1.42 bits per heavy atom. The van der Waals surface area contributed by atoms with Gasteiger partial charge in [0, 0.05) is 5.02 Å². The molecule has 0 fully saturated rings. The minimum absolute atomic E-state index is 0.0118. The number of H-pyrrole nitrogens is 1. The summed E-state index contributed by atoms with van der Waals surface area (Å²) in [5.41, 5.74) is 0.673. The van der Waals surface area contributed by atoms with Gasteiger partial charge in [-0.1, -0.05) is 41.6 Å². The van der Waals surface area contributed by atoms with Gasteiger partial charge in [-0.25, -0.2) is 0 Å². The maximum absolute atomic E-state index is 12.2. The SMILES string of the molecule is CCOC(=O)C[C@H](NC(=O)CSc1cn[nH]n1)c1ccccc1Cl. The number of halogens is 1. The van der Waals surface area contributed by atoms with Crippen LogP contribution in [0.3, 0.4) is 0 Å². The Kier molecular flexibility index (Phi) is 7.07. The number of rotatable bonds is 8. The number of carbonyl (C=O) groups excluding carboxylic acids is 2. The van der Waals surface area contributed by atoms with E-state index >= 15 is 0 Å². The first-order chi connectivity index (χ1) is 11.6. The monoisotopic (exact) mass is 368 g/mol. The van der Waals surface area contributed by atoms with Crippen LogP contribution in [0.15, 0.2) is 35.5 Å². The molecule has 1 aromatic carbocycles. The Hall–Kier alpha value is -2.06. The third-order valence-corrected chi connectivity index (χ3v) is 4.28. The smallest absolute Gasteiger partial charge is 0.308 e. The number of esters is 1. The fourth-order valence-electron chi connectivity index (χ4n) is 2.02. The lowest BCUT2D eigenvalue weighted by Crippen LogP contribution is -2.32. The van der Waals surface area contributed by atoms with E-state index in [4.69, 9.17) is 16.3 Å². The molecular formula is C15H17ClN4O3S. The van der Waals surface area contributed by atoms with Gasteiger partial charge in [-0.2, -0.15) is 10.3 Å². The average Bonchev–Trinajstić information content (AvgIpc) is 3.06. The highest BCUT2D eigenvalue weighted by molar-refractivity contribution is 7.99. The van der Waals surface area contributed by atoms with E-state index < -0.39 is 12.0 Å². The van der Waals surface area contributed by atoms with Gasteiger partial charge in [0.15, 0.2) is 0 Å². The second-order valence-corrected chi connectivity index (χ2v) is 6.15. The van der Waals surface area contributed by atoms with Gasteiger partial charge in [0.1, 0.15) is 5.03 Å². The third-order valence-electron chi connectivity index (χ3n) is 3.04. The predicted octanol–water partition coefficient (Wildman–Crippen LogP) is 2.36. The number of nitrogens with one attached hydrogen (secondary N) is 2. The van der Waals surface area contributed by atoms with Gasteiger partial charge < -0.3 is 10.1 Å². The zero-order valence-electron chi connectivity index (χ0n) is 13.0. The number of aromatic nitrogens is 3. The molecule has 0 aliphatic rings. The highest BCUT2D eigenvalue weighted by Crippen LogP contribution is 2.26. The van der Waals surface area contributed by atoms with Crippen molar-refractivity contribution in [1.82, 2.24) is 20.7 Å². The summed E-state index contributed by atoms with van der Waals surface area (Å²) in [6.07, 6.45) is 1.54. The van der Waals surface area contributed by atoms with E-state index in [0.717, 1.165) is 0 Å². The van der Waals surface area contributed by atoms with Gasteiger partial charge in [-0.3, -0.25) is 9.59 Å². The van der Waals surface area contributed by atoms with E-state index in [1.165, 1.54) is 18.0 Å². The van der Waals surface area contributed by atoms with Crippen molar-refractivity contribution < 1.29 is 14.3 Å². The maximum atomic E-state index is 12.2. The van der Waals surface area contributed by atoms with Crippen molar-refractivity contribution in [3.05, 3.63) is 41.0 Å². The molecule has 24 heavy (non-hydrogen) atoms. The van der Waals surface area contributed by atoms with Crippen molar-refractivity contribution in [1.29, 1.82) is 0 Å². The van der Waals surface area contributed by atoms with E-state index in [-0.39, 0.29) is 24.7 Å². The first-order valence-corrected chi connectivity index (χ1v) is 8.64.